The Morgan fingerprint density at radius 2 is 2.20 bits per heavy atom. The lowest BCUT2D eigenvalue weighted by Gasteiger charge is -2.16. The van der Waals surface area contributed by atoms with Gasteiger partial charge in [0.05, 0.1) is 11.7 Å². The van der Waals surface area contributed by atoms with Gasteiger partial charge in [0.1, 0.15) is 0 Å². The Labute approximate surface area is 62.2 Å². The van der Waals surface area contributed by atoms with E-state index < -0.39 is 0 Å². The summed E-state index contributed by atoms with van der Waals surface area (Å²) in [4.78, 5) is 0. The van der Waals surface area contributed by atoms with E-state index in [4.69, 9.17) is 4.74 Å². The second kappa shape index (κ2) is 2.89. The molecular formula is C8H16O2. The molecule has 0 aromatic heterocycles. The molecule has 0 aromatic rings. The highest BCUT2D eigenvalue weighted by atomic mass is 16.5. The largest absolute Gasteiger partial charge is 0.393 e. The standard InChI is InChI=1S/C8H16O2/c1-3-7(9)6-8(10-2)4-5-8/h7,9H,3-6H2,1-2H3. The lowest BCUT2D eigenvalue weighted by molar-refractivity contribution is 0.0260. The molecule has 1 rings (SSSR count). The first kappa shape index (κ1) is 8.02. The van der Waals surface area contributed by atoms with Gasteiger partial charge in [0, 0.05) is 13.5 Å². The Morgan fingerprint density at radius 1 is 1.60 bits per heavy atom. The van der Waals surface area contributed by atoms with E-state index in [2.05, 4.69) is 0 Å². The van der Waals surface area contributed by atoms with Gasteiger partial charge in [-0.1, -0.05) is 6.92 Å². The van der Waals surface area contributed by atoms with Gasteiger partial charge >= 0.3 is 0 Å². The normalized spacial score (nSPS) is 24.3. The van der Waals surface area contributed by atoms with Crippen molar-refractivity contribution in [3.63, 3.8) is 0 Å². The van der Waals surface area contributed by atoms with Crippen LogP contribution in [0.5, 0.6) is 0 Å². The van der Waals surface area contributed by atoms with Crippen molar-refractivity contribution >= 4 is 0 Å². The van der Waals surface area contributed by atoms with Crippen LogP contribution in [0.3, 0.4) is 0 Å². The number of aliphatic hydroxyl groups excluding tert-OH is 1. The third kappa shape index (κ3) is 1.70. The molecular weight excluding hydrogens is 128 g/mol. The van der Waals surface area contributed by atoms with Gasteiger partial charge in [-0.05, 0) is 19.3 Å². The number of aliphatic hydroxyl groups is 1. The fourth-order valence-electron chi connectivity index (χ4n) is 1.20. The van der Waals surface area contributed by atoms with Crippen LogP contribution in [0, 0.1) is 0 Å². The number of hydrogen-bond donors (Lipinski definition) is 1. The molecule has 2 nitrogen and oxygen atoms in total. The number of ether oxygens (including phenoxy) is 1. The summed E-state index contributed by atoms with van der Waals surface area (Å²) in [7, 11) is 1.73. The van der Waals surface area contributed by atoms with Gasteiger partial charge in [-0.25, -0.2) is 0 Å². The van der Waals surface area contributed by atoms with E-state index in [9.17, 15) is 5.11 Å². The summed E-state index contributed by atoms with van der Waals surface area (Å²) in [6.45, 7) is 2.00. The molecule has 0 radical (unpaired) electrons. The number of hydrogen-bond acceptors (Lipinski definition) is 2. The molecule has 10 heavy (non-hydrogen) atoms. The van der Waals surface area contributed by atoms with Crippen LogP contribution in [0.4, 0.5) is 0 Å². The van der Waals surface area contributed by atoms with Crippen LogP contribution < -0.4 is 0 Å². The second-order valence-electron chi connectivity index (χ2n) is 3.15. The molecule has 1 aliphatic carbocycles. The van der Waals surface area contributed by atoms with Crippen molar-refractivity contribution in [2.24, 2.45) is 0 Å². The SMILES string of the molecule is CCC(O)CC1(OC)CC1. The summed E-state index contributed by atoms with van der Waals surface area (Å²) in [5.74, 6) is 0. The predicted octanol–water partition coefficient (Wildman–Crippen LogP) is 1.33. The summed E-state index contributed by atoms with van der Waals surface area (Å²) >= 11 is 0. The van der Waals surface area contributed by atoms with Gasteiger partial charge in [0.2, 0.25) is 0 Å². The Balaban J connectivity index is 2.23. The summed E-state index contributed by atoms with van der Waals surface area (Å²) in [6.07, 6.45) is 3.74. The average molecular weight is 144 g/mol. The molecule has 0 bridgehead atoms. The fraction of sp³-hybridized carbons (Fsp3) is 1.00. The second-order valence-corrected chi connectivity index (χ2v) is 3.15. The summed E-state index contributed by atoms with van der Waals surface area (Å²) < 4.78 is 5.26. The molecule has 2 heteroatoms. The number of rotatable bonds is 4. The first-order valence-electron chi connectivity index (χ1n) is 3.95. The van der Waals surface area contributed by atoms with E-state index in [1.54, 1.807) is 7.11 Å². The fourth-order valence-corrected chi connectivity index (χ4v) is 1.20. The maximum atomic E-state index is 9.28. The lowest BCUT2D eigenvalue weighted by atomic mass is 10.1. The van der Waals surface area contributed by atoms with Crippen molar-refractivity contribution in [3.8, 4) is 0 Å². The minimum Gasteiger partial charge on any atom is -0.393 e. The zero-order valence-corrected chi connectivity index (χ0v) is 6.76. The van der Waals surface area contributed by atoms with Crippen molar-refractivity contribution in [2.75, 3.05) is 7.11 Å². The van der Waals surface area contributed by atoms with Gasteiger partial charge in [-0.2, -0.15) is 0 Å². The number of methoxy groups -OCH3 is 1. The van der Waals surface area contributed by atoms with Crippen molar-refractivity contribution in [1.29, 1.82) is 0 Å². The maximum absolute atomic E-state index is 9.28. The van der Waals surface area contributed by atoms with Crippen molar-refractivity contribution in [2.45, 2.75) is 44.3 Å². The van der Waals surface area contributed by atoms with E-state index in [0.717, 1.165) is 25.7 Å². The molecule has 1 unspecified atom stereocenters. The maximum Gasteiger partial charge on any atom is 0.0705 e. The minimum atomic E-state index is -0.164. The van der Waals surface area contributed by atoms with Crippen molar-refractivity contribution in [1.82, 2.24) is 0 Å². The van der Waals surface area contributed by atoms with E-state index in [0.29, 0.717) is 0 Å². The van der Waals surface area contributed by atoms with Gasteiger partial charge in [0.15, 0.2) is 0 Å². The summed E-state index contributed by atoms with van der Waals surface area (Å²) in [5, 5.41) is 9.28. The van der Waals surface area contributed by atoms with Crippen molar-refractivity contribution in [3.05, 3.63) is 0 Å². The highest BCUT2D eigenvalue weighted by molar-refractivity contribution is 4.96. The molecule has 0 spiro atoms. The Hall–Kier alpha value is -0.0800. The van der Waals surface area contributed by atoms with E-state index in [1.807, 2.05) is 6.92 Å². The monoisotopic (exact) mass is 144 g/mol. The first-order chi connectivity index (χ1) is 4.72. The molecule has 0 amide bonds. The average Bonchev–Trinajstić information content (AvgIpc) is 2.70. The Bertz CT molecular complexity index is 108. The van der Waals surface area contributed by atoms with Crippen LogP contribution >= 0.6 is 0 Å². The van der Waals surface area contributed by atoms with Crippen LogP contribution in [0.25, 0.3) is 0 Å². The van der Waals surface area contributed by atoms with Gasteiger partial charge in [0.25, 0.3) is 0 Å². The first-order valence-corrected chi connectivity index (χ1v) is 3.95. The van der Waals surface area contributed by atoms with E-state index in [-0.39, 0.29) is 11.7 Å². The zero-order valence-electron chi connectivity index (χ0n) is 6.76. The smallest absolute Gasteiger partial charge is 0.0705 e. The van der Waals surface area contributed by atoms with Crippen LogP contribution in [-0.4, -0.2) is 23.9 Å². The van der Waals surface area contributed by atoms with Crippen molar-refractivity contribution < 1.29 is 9.84 Å². The molecule has 0 saturated heterocycles. The molecule has 1 atom stereocenters. The van der Waals surface area contributed by atoms with Gasteiger partial charge in [-0.15, -0.1) is 0 Å². The third-order valence-electron chi connectivity index (χ3n) is 2.32. The van der Waals surface area contributed by atoms with E-state index >= 15 is 0 Å². The quantitative estimate of drug-likeness (QED) is 0.645. The Kier molecular flexibility index (Phi) is 2.32. The molecule has 0 aromatic carbocycles. The zero-order chi connectivity index (χ0) is 7.61. The molecule has 60 valence electrons. The highest BCUT2D eigenvalue weighted by Gasteiger charge is 2.43. The topological polar surface area (TPSA) is 29.5 Å². The lowest BCUT2D eigenvalue weighted by Crippen LogP contribution is -2.20. The van der Waals surface area contributed by atoms with Crippen LogP contribution in [0.15, 0.2) is 0 Å². The molecule has 0 aliphatic heterocycles. The summed E-state index contributed by atoms with van der Waals surface area (Å²) in [5.41, 5.74) is 0.0649. The summed E-state index contributed by atoms with van der Waals surface area (Å²) in [6, 6.07) is 0. The third-order valence-corrected chi connectivity index (χ3v) is 2.32. The molecule has 1 saturated carbocycles. The molecule has 1 fully saturated rings. The highest BCUT2D eigenvalue weighted by Crippen LogP contribution is 2.43. The van der Waals surface area contributed by atoms with Gasteiger partial charge < -0.3 is 9.84 Å². The molecule has 0 heterocycles. The van der Waals surface area contributed by atoms with E-state index in [1.165, 1.54) is 0 Å². The van der Waals surface area contributed by atoms with Crippen LogP contribution in [0.2, 0.25) is 0 Å². The van der Waals surface area contributed by atoms with Crippen LogP contribution in [-0.2, 0) is 4.74 Å². The van der Waals surface area contributed by atoms with Crippen LogP contribution in [0.1, 0.15) is 32.6 Å². The molecule has 1 aliphatic rings. The Morgan fingerprint density at radius 3 is 2.50 bits per heavy atom. The minimum absolute atomic E-state index is 0.0649. The molecule has 1 N–H and O–H groups in total. The predicted molar refractivity (Wildman–Crippen MR) is 39.9 cm³/mol. The van der Waals surface area contributed by atoms with Gasteiger partial charge in [-0.3, -0.25) is 0 Å².